The molecule has 1 saturated carbocycles. The number of hydrogen-bond donors (Lipinski definition) is 0. The maximum atomic E-state index is 12.6. The summed E-state index contributed by atoms with van der Waals surface area (Å²) in [5.41, 5.74) is 1.12. The highest BCUT2D eigenvalue weighted by Gasteiger charge is 2.31. The first-order chi connectivity index (χ1) is 11.1. The summed E-state index contributed by atoms with van der Waals surface area (Å²) in [7, 11) is 0. The topological polar surface area (TPSA) is 23.6 Å². The van der Waals surface area contributed by atoms with E-state index in [1.807, 2.05) is 18.2 Å². The van der Waals surface area contributed by atoms with Crippen LogP contribution in [-0.2, 0) is 11.3 Å². The van der Waals surface area contributed by atoms with Crippen molar-refractivity contribution in [3.05, 3.63) is 33.8 Å². The third-order valence-electron chi connectivity index (χ3n) is 4.73. The zero-order valence-corrected chi connectivity index (χ0v) is 15.0. The molecular formula is C18H24Cl2N2O. The maximum Gasteiger partial charge on any atom is 0.236 e. The van der Waals surface area contributed by atoms with Crippen molar-refractivity contribution in [2.75, 3.05) is 19.6 Å². The molecule has 0 aromatic heterocycles. The highest BCUT2D eigenvalue weighted by atomic mass is 35.5. The normalized spacial score (nSPS) is 19.0. The molecule has 1 saturated heterocycles. The molecule has 2 fully saturated rings. The van der Waals surface area contributed by atoms with Crippen LogP contribution in [0, 0.1) is 0 Å². The molecule has 1 aromatic carbocycles. The summed E-state index contributed by atoms with van der Waals surface area (Å²) >= 11 is 12.1. The molecule has 126 valence electrons. The van der Waals surface area contributed by atoms with Gasteiger partial charge in [0, 0.05) is 25.7 Å². The van der Waals surface area contributed by atoms with Crippen molar-refractivity contribution in [2.45, 2.75) is 51.1 Å². The lowest BCUT2D eigenvalue weighted by molar-refractivity contribution is -0.132. The number of nitrogens with zero attached hydrogens (tertiary/aromatic N) is 2. The second-order valence-corrected chi connectivity index (χ2v) is 7.49. The Bertz CT molecular complexity index is 552. The van der Waals surface area contributed by atoms with Gasteiger partial charge in [-0.1, -0.05) is 42.1 Å². The van der Waals surface area contributed by atoms with Crippen LogP contribution in [0.25, 0.3) is 0 Å². The summed E-state index contributed by atoms with van der Waals surface area (Å²) < 4.78 is 0. The van der Waals surface area contributed by atoms with Crippen LogP contribution in [0.4, 0.5) is 0 Å². The van der Waals surface area contributed by atoms with E-state index in [1.165, 1.54) is 25.7 Å². The van der Waals surface area contributed by atoms with E-state index in [4.69, 9.17) is 23.2 Å². The van der Waals surface area contributed by atoms with E-state index in [2.05, 4.69) is 9.80 Å². The van der Waals surface area contributed by atoms with Crippen LogP contribution in [0.1, 0.15) is 44.1 Å². The number of carbonyl (C=O) groups excluding carboxylic acids is 1. The standard InChI is InChI=1S/C18H24Cl2N2O/c19-16-8-5-14(11-17(16)20)12-22(15-6-7-15)13-18(23)21-9-3-1-2-4-10-21/h5,8,11,15H,1-4,6-7,9-10,12-13H2. The Morgan fingerprint density at radius 3 is 2.39 bits per heavy atom. The van der Waals surface area contributed by atoms with Crippen LogP contribution in [0.2, 0.25) is 10.0 Å². The van der Waals surface area contributed by atoms with Crippen molar-refractivity contribution >= 4 is 29.1 Å². The molecule has 0 unspecified atom stereocenters. The van der Waals surface area contributed by atoms with Gasteiger partial charge in [-0.2, -0.15) is 0 Å². The molecular weight excluding hydrogens is 331 g/mol. The van der Waals surface area contributed by atoms with Crippen molar-refractivity contribution in [1.82, 2.24) is 9.80 Å². The SMILES string of the molecule is O=C(CN(Cc1ccc(Cl)c(Cl)c1)C1CC1)N1CCCCCC1. The number of likely N-dealkylation sites (tertiary alicyclic amines) is 1. The molecule has 0 radical (unpaired) electrons. The lowest BCUT2D eigenvalue weighted by Gasteiger charge is -2.26. The predicted molar refractivity (Wildman–Crippen MR) is 94.9 cm³/mol. The zero-order valence-electron chi connectivity index (χ0n) is 13.4. The number of halogens is 2. The van der Waals surface area contributed by atoms with Gasteiger partial charge in [0.05, 0.1) is 16.6 Å². The van der Waals surface area contributed by atoms with Crippen LogP contribution in [0.5, 0.6) is 0 Å². The first-order valence-corrected chi connectivity index (χ1v) is 9.35. The average molecular weight is 355 g/mol. The highest BCUT2D eigenvalue weighted by Crippen LogP contribution is 2.30. The van der Waals surface area contributed by atoms with Crippen LogP contribution in [-0.4, -0.2) is 41.4 Å². The van der Waals surface area contributed by atoms with E-state index in [0.29, 0.717) is 22.6 Å². The number of rotatable bonds is 5. The smallest absolute Gasteiger partial charge is 0.236 e. The molecule has 0 N–H and O–H groups in total. The van der Waals surface area contributed by atoms with E-state index in [1.54, 1.807) is 0 Å². The molecule has 3 rings (SSSR count). The molecule has 0 spiro atoms. The fourth-order valence-electron chi connectivity index (χ4n) is 3.22. The van der Waals surface area contributed by atoms with Crippen molar-refractivity contribution in [1.29, 1.82) is 0 Å². The summed E-state index contributed by atoms with van der Waals surface area (Å²) in [5, 5.41) is 1.16. The van der Waals surface area contributed by atoms with E-state index in [0.717, 1.165) is 38.0 Å². The Morgan fingerprint density at radius 2 is 1.78 bits per heavy atom. The monoisotopic (exact) mass is 354 g/mol. The molecule has 0 atom stereocenters. The maximum absolute atomic E-state index is 12.6. The molecule has 2 aliphatic rings. The Kier molecular flexibility index (Phi) is 5.84. The van der Waals surface area contributed by atoms with E-state index in [-0.39, 0.29) is 5.91 Å². The average Bonchev–Trinajstić information content (AvgIpc) is 3.36. The Morgan fingerprint density at radius 1 is 1.09 bits per heavy atom. The molecule has 1 amide bonds. The van der Waals surface area contributed by atoms with Gasteiger partial charge in [-0.15, -0.1) is 0 Å². The second-order valence-electron chi connectivity index (χ2n) is 6.68. The van der Waals surface area contributed by atoms with Crippen LogP contribution in [0.15, 0.2) is 18.2 Å². The number of carbonyl (C=O) groups is 1. The van der Waals surface area contributed by atoms with Crippen molar-refractivity contribution in [3.63, 3.8) is 0 Å². The van der Waals surface area contributed by atoms with Crippen LogP contribution >= 0.6 is 23.2 Å². The molecule has 1 aliphatic heterocycles. The first-order valence-electron chi connectivity index (χ1n) is 8.59. The van der Waals surface area contributed by atoms with Gasteiger partial charge in [0.25, 0.3) is 0 Å². The van der Waals surface area contributed by atoms with Gasteiger partial charge in [0.1, 0.15) is 0 Å². The van der Waals surface area contributed by atoms with Gasteiger partial charge in [0.2, 0.25) is 5.91 Å². The van der Waals surface area contributed by atoms with Gasteiger partial charge in [0.15, 0.2) is 0 Å². The van der Waals surface area contributed by atoms with Gasteiger partial charge in [-0.25, -0.2) is 0 Å². The van der Waals surface area contributed by atoms with Crippen LogP contribution in [0.3, 0.4) is 0 Å². The number of amides is 1. The molecule has 23 heavy (non-hydrogen) atoms. The molecule has 3 nitrogen and oxygen atoms in total. The minimum absolute atomic E-state index is 0.277. The second kappa shape index (κ2) is 7.87. The Hall–Kier alpha value is -0.770. The van der Waals surface area contributed by atoms with Crippen molar-refractivity contribution in [2.24, 2.45) is 0 Å². The fraction of sp³-hybridized carbons (Fsp3) is 0.611. The quantitative estimate of drug-likeness (QED) is 0.784. The minimum Gasteiger partial charge on any atom is -0.342 e. The summed E-state index contributed by atoms with van der Waals surface area (Å²) in [6, 6.07) is 6.29. The highest BCUT2D eigenvalue weighted by molar-refractivity contribution is 6.42. The van der Waals surface area contributed by atoms with E-state index in [9.17, 15) is 4.79 Å². The molecule has 1 heterocycles. The van der Waals surface area contributed by atoms with Crippen molar-refractivity contribution < 1.29 is 4.79 Å². The van der Waals surface area contributed by atoms with Crippen molar-refractivity contribution in [3.8, 4) is 0 Å². The van der Waals surface area contributed by atoms with Gasteiger partial charge in [-0.05, 0) is 43.4 Å². The minimum atomic E-state index is 0.277. The number of hydrogen-bond acceptors (Lipinski definition) is 2. The summed E-state index contributed by atoms with van der Waals surface area (Å²) in [5.74, 6) is 0.277. The third kappa shape index (κ3) is 4.85. The molecule has 1 aromatic rings. The first kappa shape index (κ1) is 17.1. The number of benzene rings is 1. The summed E-state index contributed by atoms with van der Waals surface area (Å²) in [6.45, 7) is 3.13. The Balaban J connectivity index is 1.62. The lowest BCUT2D eigenvalue weighted by atomic mass is 10.2. The van der Waals surface area contributed by atoms with E-state index >= 15 is 0 Å². The Labute approximate surface area is 148 Å². The van der Waals surface area contributed by atoms with Gasteiger partial charge in [-0.3, -0.25) is 9.69 Å². The summed E-state index contributed by atoms with van der Waals surface area (Å²) in [6.07, 6.45) is 7.16. The van der Waals surface area contributed by atoms with Gasteiger partial charge >= 0.3 is 0 Å². The predicted octanol–water partition coefficient (Wildman–Crippen LogP) is 4.36. The molecule has 1 aliphatic carbocycles. The largest absolute Gasteiger partial charge is 0.342 e. The van der Waals surface area contributed by atoms with Crippen LogP contribution < -0.4 is 0 Å². The van der Waals surface area contributed by atoms with Gasteiger partial charge < -0.3 is 4.90 Å². The lowest BCUT2D eigenvalue weighted by Crippen LogP contribution is -2.41. The fourth-order valence-corrected chi connectivity index (χ4v) is 3.54. The zero-order chi connectivity index (χ0) is 16.2. The third-order valence-corrected chi connectivity index (χ3v) is 5.47. The van der Waals surface area contributed by atoms with E-state index < -0.39 is 0 Å². The molecule has 5 heteroatoms. The summed E-state index contributed by atoms with van der Waals surface area (Å²) in [4.78, 5) is 17.0. The molecule has 0 bridgehead atoms.